The molecular weight excluding hydrogens is 356 g/mol. The van der Waals surface area contributed by atoms with Crippen molar-refractivity contribution in [3.05, 3.63) is 82.9 Å². The molecule has 0 amide bonds. The van der Waals surface area contributed by atoms with Gasteiger partial charge in [-0.05, 0) is 85.0 Å². The Balaban J connectivity index is 1.33. The van der Waals surface area contributed by atoms with Crippen LogP contribution in [0.15, 0.2) is 66.2 Å². The SMILES string of the molecule is O=C(O)c1ccc(C=CCC2C3CC4CC(C3)C(=Cc3ccccc3)C2C4)cc1. The summed E-state index contributed by atoms with van der Waals surface area (Å²) in [6.45, 7) is 0. The second kappa shape index (κ2) is 7.67. The number of carboxylic acids is 1. The predicted molar refractivity (Wildman–Crippen MR) is 117 cm³/mol. The minimum absolute atomic E-state index is 0.346. The fourth-order valence-corrected chi connectivity index (χ4v) is 6.27. The Morgan fingerprint density at radius 3 is 2.48 bits per heavy atom. The molecule has 2 aromatic rings. The summed E-state index contributed by atoms with van der Waals surface area (Å²) in [5, 5.41) is 9.05. The van der Waals surface area contributed by atoms with E-state index in [-0.39, 0.29) is 0 Å². The molecule has 2 heteroatoms. The Hall–Kier alpha value is -2.61. The van der Waals surface area contributed by atoms with Gasteiger partial charge in [-0.15, -0.1) is 0 Å². The summed E-state index contributed by atoms with van der Waals surface area (Å²) < 4.78 is 0. The largest absolute Gasteiger partial charge is 0.478 e. The first kappa shape index (κ1) is 18.4. The van der Waals surface area contributed by atoms with Crippen LogP contribution in [0.1, 0.15) is 53.6 Å². The van der Waals surface area contributed by atoms with Crippen molar-refractivity contribution >= 4 is 18.1 Å². The van der Waals surface area contributed by atoms with E-state index in [9.17, 15) is 4.79 Å². The fourth-order valence-electron chi connectivity index (χ4n) is 6.27. The van der Waals surface area contributed by atoms with Crippen LogP contribution in [0.2, 0.25) is 0 Å². The number of hydrogen-bond donors (Lipinski definition) is 1. The van der Waals surface area contributed by atoms with Crippen LogP contribution in [0.5, 0.6) is 0 Å². The molecule has 2 aromatic carbocycles. The Morgan fingerprint density at radius 1 is 0.931 bits per heavy atom. The summed E-state index contributed by atoms with van der Waals surface area (Å²) in [6, 6.07) is 18.0. The van der Waals surface area contributed by atoms with Gasteiger partial charge in [0, 0.05) is 0 Å². The van der Waals surface area contributed by atoms with E-state index >= 15 is 0 Å². The van der Waals surface area contributed by atoms with Gasteiger partial charge >= 0.3 is 5.97 Å². The molecule has 2 nitrogen and oxygen atoms in total. The lowest BCUT2D eigenvalue weighted by Crippen LogP contribution is -2.46. The van der Waals surface area contributed by atoms with Gasteiger partial charge in [0.15, 0.2) is 0 Å². The van der Waals surface area contributed by atoms with Crippen LogP contribution < -0.4 is 0 Å². The van der Waals surface area contributed by atoms with Crippen LogP contribution in [0.3, 0.4) is 0 Å². The average Bonchev–Trinajstić information content (AvgIpc) is 2.73. The van der Waals surface area contributed by atoms with Crippen molar-refractivity contribution in [1.82, 2.24) is 0 Å². The summed E-state index contributed by atoms with van der Waals surface area (Å²) in [4.78, 5) is 11.0. The van der Waals surface area contributed by atoms with Gasteiger partial charge in [-0.2, -0.15) is 0 Å². The molecule has 5 atom stereocenters. The van der Waals surface area contributed by atoms with Gasteiger partial charge in [-0.1, -0.05) is 66.3 Å². The minimum atomic E-state index is -0.869. The number of allylic oxidation sites excluding steroid dienone is 2. The molecule has 0 radical (unpaired) electrons. The molecule has 1 N–H and O–H groups in total. The van der Waals surface area contributed by atoms with Gasteiger partial charge in [-0.3, -0.25) is 0 Å². The van der Waals surface area contributed by atoms with Crippen molar-refractivity contribution in [3.63, 3.8) is 0 Å². The Morgan fingerprint density at radius 2 is 1.72 bits per heavy atom. The number of aromatic carboxylic acids is 1. The maximum Gasteiger partial charge on any atom is 0.335 e. The lowest BCUT2D eigenvalue weighted by atomic mass is 9.49. The van der Waals surface area contributed by atoms with Crippen molar-refractivity contribution in [2.45, 2.75) is 32.1 Å². The van der Waals surface area contributed by atoms with Crippen molar-refractivity contribution < 1.29 is 9.90 Å². The molecule has 0 spiro atoms. The molecule has 148 valence electrons. The van der Waals surface area contributed by atoms with Gasteiger partial charge in [0.05, 0.1) is 5.56 Å². The first-order valence-corrected chi connectivity index (χ1v) is 10.9. The summed E-state index contributed by atoms with van der Waals surface area (Å²) in [5.74, 6) is 3.26. The monoisotopic (exact) mass is 384 g/mol. The maximum absolute atomic E-state index is 11.0. The van der Waals surface area contributed by atoms with E-state index in [4.69, 9.17) is 5.11 Å². The highest BCUT2D eigenvalue weighted by Gasteiger charge is 2.50. The standard InChI is InChI=1S/C27H28O2/c28-27(29)21-11-9-18(10-12-21)7-4-8-24-22-13-20-14-23(17-22)25(26(24)16-20)15-19-5-2-1-3-6-19/h1-7,9-12,15,20,22-24,26H,8,13-14,16-17H2,(H,28,29). The van der Waals surface area contributed by atoms with Crippen molar-refractivity contribution in [3.8, 4) is 0 Å². The van der Waals surface area contributed by atoms with Crippen molar-refractivity contribution in [1.29, 1.82) is 0 Å². The smallest absolute Gasteiger partial charge is 0.335 e. The Bertz CT molecular complexity index is 938. The molecule has 0 aliphatic heterocycles. The zero-order valence-electron chi connectivity index (χ0n) is 16.7. The van der Waals surface area contributed by atoms with Crippen LogP contribution in [0, 0.1) is 29.6 Å². The normalized spacial score (nSPS) is 31.6. The second-order valence-corrected chi connectivity index (χ2v) is 9.16. The zero-order chi connectivity index (χ0) is 19.8. The van der Waals surface area contributed by atoms with E-state index in [1.165, 1.54) is 31.2 Å². The van der Waals surface area contributed by atoms with Gasteiger partial charge in [0.25, 0.3) is 0 Å². The summed E-state index contributed by atoms with van der Waals surface area (Å²) in [6.07, 6.45) is 13.7. The first-order chi connectivity index (χ1) is 14.2. The first-order valence-electron chi connectivity index (χ1n) is 10.9. The minimum Gasteiger partial charge on any atom is -0.478 e. The Labute approximate surface area is 173 Å². The summed E-state index contributed by atoms with van der Waals surface area (Å²) >= 11 is 0. The van der Waals surface area contributed by atoms with Gasteiger partial charge in [0.2, 0.25) is 0 Å². The highest BCUT2D eigenvalue weighted by Crippen LogP contribution is 2.60. The quantitative estimate of drug-likeness (QED) is 0.634. The van der Waals surface area contributed by atoms with E-state index in [0.717, 1.165) is 41.6 Å². The van der Waals surface area contributed by atoms with E-state index in [0.29, 0.717) is 5.56 Å². The number of hydrogen-bond acceptors (Lipinski definition) is 1. The van der Waals surface area contributed by atoms with E-state index in [2.05, 4.69) is 48.6 Å². The highest BCUT2D eigenvalue weighted by atomic mass is 16.4. The molecule has 4 aliphatic carbocycles. The number of carbonyl (C=O) groups is 1. The number of rotatable bonds is 5. The maximum atomic E-state index is 11.0. The lowest BCUT2D eigenvalue weighted by Gasteiger charge is -2.56. The summed E-state index contributed by atoms with van der Waals surface area (Å²) in [7, 11) is 0. The number of benzene rings is 2. The highest BCUT2D eigenvalue weighted by molar-refractivity contribution is 5.87. The van der Waals surface area contributed by atoms with Crippen LogP contribution in [-0.4, -0.2) is 11.1 Å². The molecule has 29 heavy (non-hydrogen) atoms. The molecule has 5 unspecified atom stereocenters. The van der Waals surface area contributed by atoms with Gasteiger partial charge < -0.3 is 5.11 Å². The van der Waals surface area contributed by atoms with Gasteiger partial charge in [-0.25, -0.2) is 4.79 Å². The van der Waals surface area contributed by atoms with Crippen molar-refractivity contribution in [2.75, 3.05) is 0 Å². The zero-order valence-corrected chi connectivity index (χ0v) is 16.7. The molecule has 4 fully saturated rings. The third kappa shape index (κ3) is 3.69. The molecule has 0 heterocycles. The predicted octanol–water partition coefficient (Wildman–Crippen LogP) is 6.55. The van der Waals surface area contributed by atoms with Crippen molar-refractivity contribution in [2.24, 2.45) is 29.6 Å². The molecule has 4 aliphatic rings. The third-order valence-electron chi connectivity index (χ3n) is 7.46. The molecule has 6 rings (SSSR count). The molecular formula is C27H28O2. The van der Waals surface area contributed by atoms with Crippen LogP contribution >= 0.6 is 0 Å². The molecule has 4 saturated carbocycles. The van der Waals surface area contributed by atoms with Crippen LogP contribution in [-0.2, 0) is 0 Å². The van der Waals surface area contributed by atoms with E-state index in [1.807, 2.05) is 12.1 Å². The summed E-state index contributed by atoms with van der Waals surface area (Å²) in [5.41, 5.74) is 4.49. The third-order valence-corrected chi connectivity index (χ3v) is 7.46. The van der Waals surface area contributed by atoms with Crippen LogP contribution in [0.4, 0.5) is 0 Å². The Kier molecular flexibility index (Phi) is 4.87. The fraction of sp³-hybridized carbons (Fsp3) is 0.370. The van der Waals surface area contributed by atoms with Crippen LogP contribution in [0.25, 0.3) is 12.2 Å². The topological polar surface area (TPSA) is 37.3 Å². The van der Waals surface area contributed by atoms with Gasteiger partial charge in [0.1, 0.15) is 0 Å². The molecule has 0 aromatic heterocycles. The second-order valence-electron chi connectivity index (χ2n) is 9.16. The molecule has 4 bridgehead atoms. The lowest BCUT2D eigenvalue weighted by molar-refractivity contribution is 0.0116. The molecule has 0 saturated heterocycles. The van der Waals surface area contributed by atoms with E-state index < -0.39 is 5.97 Å². The average molecular weight is 385 g/mol. The van der Waals surface area contributed by atoms with E-state index in [1.54, 1.807) is 17.7 Å². The number of carboxylic acid groups (broad SMARTS) is 1.